The summed E-state index contributed by atoms with van der Waals surface area (Å²) < 4.78 is 15.8. The van der Waals surface area contributed by atoms with Crippen molar-refractivity contribution in [1.29, 1.82) is 0 Å². The minimum absolute atomic E-state index is 0. The van der Waals surface area contributed by atoms with Gasteiger partial charge in [0.05, 0.1) is 21.3 Å². The van der Waals surface area contributed by atoms with Crippen LogP contribution in [0.4, 0.5) is 17.5 Å². The van der Waals surface area contributed by atoms with Crippen molar-refractivity contribution in [3.8, 4) is 17.2 Å². The molecule has 0 aliphatic carbocycles. The van der Waals surface area contributed by atoms with Crippen LogP contribution in [0.25, 0.3) is 0 Å². The smallest absolute Gasteiger partial charge is 0.493 e. The lowest BCUT2D eigenvalue weighted by atomic mass is 10.2. The maximum atomic E-state index is 5.61. The van der Waals surface area contributed by atoms with E-state index >= 15 is 0 Å². The Morgan fingerprint density at radius 2 is 1.75 bits per heavy atom. The van der Waals surface area contributed by atoms with Crippen molar-refractivity contribution in [2.75, 3.05) is 32.4 Å². The maximum absolute atomic E-state index is 5.61. The second-order valence-corrected chi connectivity index (χ2v) is 3.84. The number of rotatable bonds is 5. The summed E-state index contributed by atoms with van der Waals surface area (Å²) in [6.07, 6.45) is 1.57. The Balaban J connectivity index is 0.00000220. The normalized spacial score (nSPS) is 9.95. The summed E-state index contributed by atoms with van der Waals surface area (Å²) in [6, 6.07) is 5.13. The standard InChI is InChI=1S/C13H16N4O3/c1-18-9-6-8(7-10(19-2)12(9)20-3)16-13-15-5-4-11(14)17-13/h4-7H,1-3H3,(H3,14,15,16,17)/p+1. The summed E-state index contributed by atoms with van der Waals surface area (Å²) >= 11 is 0. The zero-order valence-corrected chi connectivity index (χ0v) is 11.5. The number of nitrogens with two attached hydrogens (primary N) is 1. The Bertz CT molecular complexity index is 585. The van der Waals surface area contributed by atoms with Gasteiger partial charge in [-0.2, -0.15) is 4.98 Å². The van der Waals surface area contributed by atoms with E-state index in [4.69, 9.17) is 19.9 Å². The molecule has 0 amide bonds. The average Bonchev–Trinajstić information content (AvgIpc) is 2.46. The topological polar surface area (TPSA) is 91.5 Å². The van der Waals surface area contributed by atoms with Gasteiger partial charge in [0, 0.05) is 24.0 Å². The van der Waals surface area contributed by atoms with Gasteiger partial charge >= 0.3 is 1.43 Å². The molecule has 3 N–H and O–H groups in total. The quantitative estimate of drug-likeness (QED) is 0.862. The van der Waals surface area contributed by atoms with Crippen LogP contribution in [-0.4, -0.2) is 31.3 Å². The van der Waals surface area contributed by atoms with Crippen LogP contribution in [0.1, 0.15) is 1.43 Å². The van der Waals surface area contributed by atoms with Crippen molar-refractivity contribution in [1.82, 2.24) is 9.97 Å². The molecular formula is C13H17N4O3+. The maximum Gasteiger partial charge on any atom is 1.00 e. The van der Waals surface area contributed by atoms with E-state index in [1.165, 1.54) is 0 Å². The molecule has 0 radical (unpaired) electrons. The Morgan fingerprint density at radius 1 is 1.10 bits per heavy atom. The van der Waals surface area contributed by atoms with E-state index in [1.54, 1.807) is 45.7 Å². The fourth-order valence-corrected chi connectivity index (χ4v) is 1.72. The number of hydrogen-bond acceptors (Lipinski definition) is 7. The van der Waals surface area contributed by atoms with Gasteiger partial charge in [0.15, 0.2) is 11.5 Å². The van der Waals surface area contributed by atoms with E-state index in [1.807, 2.05) is 0 Å². The predicted octanol–water partition coefficient (Wildman–Crippen LogP) is 1.94. The molecule has 7 heteroatoms. The number of nitrogens with one attached hydrogen (secondary N) is 1. The predicted molar refractivity (Wildman–Crippen MR) is 76.9 cm³/mol. The van der Waals surface area contributed by atoms with Gasteiger partial charge in [0.25, 0.3) is 0 Å². The van der Waals surface area contributed by atoms with E-state index in [9.17, 15) is 0 Å². The number of hydrogen-bond donors (Lipinski definition) is 2. The molecule has 106 valence electrons. The largest absolute Gasteiger partial charge is 1.00 e. The van der Waals surface area contributed by atoms with Gasteiger partial charge in [-0.3, -0.25) is 0 Å². The fourth-order valence-electron chi connectivity index (χ4n) is 1.72. The molecule has 0 aliphatic rings. The van der Waals surface area contributed by atoms with E-state index in [0.29, 0.717) is 34.7 Å². The third-order valence-corrected chi connectivity index (χ3v) is 2.60. The molecule has 0 atom stereocenters. The van der Waals surface area contributed by atoms with Crippen LogP contribution in [-0.2, 0) is 0 Å². The summed E-state index contributed by atoms with van der Waals surface area (Å²) in [4.78, 5) is 8.14. The van der Waals surface area contributed by atoms with Crippen molar-refractivity contribution in [2.24, 2.45) is 0 Å². The van der Waals surface area contributed by atoms with Crippen molar-refractivity contribution < 1.29 is 15.6 Å². The lowest BCUT2D eigenvalue weighted by molar-refractivity contribution is 0.324. The summed E-state index contributed by atoms with van der Waals surface area (Å²) in [7, 11) is 4.66. The second kappa shape index (κ2) is 5.96. The highest BCUT2D eigenvalue weighted by Gasteiger charge is 2.13. The lowest BCUT2D eigenvalue weighted by Crippen LogP contribution is -2.01. The molecule has 2 aromatic rings. The number of methoxy groups -OCH3 is 3. The molecule has 0 saturated carbocycles. The Labute approximate surface area is 118 Å². The summed E-state index contributed by atoms with van der Waals surface area (Å²) in [5.74, 6) is 2.37. The van der Waals surface area contributed by atoms with Crippen LogP contribution in [0.15, 0.2) is 24.4 Å². The minimum atomic E-state index is 0. The van der Waals surface area contributed by atoms with E-state index < -0.39 is 0 Å². The highest BCUT2D eigenvalue weighted by molar-refractivity contribution is 5.65. The van der Waals surface area contributed by atoms with E-state index in [0.717, 1.165) is 0 Å². The first-order valence-electron chi connectivity index (χ1n) is 5.83. The van der Waals surface area contributed by atoms with Gasteiger partial charge in [-0.15, -0.1) is 0 Å². The molecule has 0 aliphatic heterocycles. The summed E-state index contributed by atoms with van der Waals surface area (Å²) in [5.41, 5.74) is 6.31. The Morgan fingerprint density at radius 3 is 2.25 bits per heavy atom. The van der Waals surface area contributed by atoms with Crippen molar-refractivity contribution in [3.05, 3.63) is 24.4 Å². The average molecular weight is 277 g/mol. The lowest BCUT2D eigenvalue weighted by Gasteiger charge is -2.14. The van der Waals surface area contributed by atoms with Crippen molar-refractivity contribution in [2.45, 2.75) is 0 Å². The zero-order valence-electron chi connectivity index (χ0n) is 12.5. The highest BCUT2D eigenvalue weighted by Crippen LogP contribution is 2.40. The van der Waals surface area contributed by atoms with Crippen LogP contribution in [0.5, 0.6) is 17.2 Å². The Hall–Kier alpha value is -2.70. The van der Waals surface area contributed by atoms with Crippen LogP contribution in [0.3, 0.4) is 0 Å². The molecule has 1 heterocycles. The molecule has 0 saturated heterocycles. The molecule has 0 spiro atoms. The zero-order chi connectivity index (χ0) is 14.5. The molecule has 20 heavy (non-hydrogen) atoms. The van der Waals surface area contributed by atoms with Crippen LogP contribution in [0, 0.1) is 0 Å². The van der Waals surface area contributed by atoms with E-state index in [2.05, 4.69) is 15.3 Å². The molecular weight excluding hydrogens is 260 g/mol. The summed E-state index contributed by atoms with van der Waals surface area (Å²) in [5, 5.41) is 3.03. The number of aromatic nitrogens is 2. The SMILES string of the molecule is COc1cc(Nc2nccc(N)n2)cc(OC)c1OC.[H+]. The third-order valence-electron chi connectivity index (χ3n) is 2.60. The number of nitrogens with zero attached hydrogens (tertiary/aromatic N) is 2. The first-order valence-corrected chi connectivity index (χ1v) is 5.83. The minimum Gasteiger partial charge on any atom is -0.493 e. The first kappa shape index (κ1) is 13.7. The van der Waals surface area contributed by atoms with Gasteiger partial charge in [-0.25, -0.2) is 4.98 Å². The molecule has 2 rings (SSSR count). The van der Waals surface area contributed by atoms with Gasteiger partial charge in [0.2, 0.25) is 11.7 Å². The highest BCUT2D eigenvalue weighted by atomic mass is 16.5. The Kier molecular flexibility index (Phi) is 4.09. The molecule has 0 bridgehead atoms. The van der Waals surface area contributed by atoms with Gasteiger partial charge < -0.3 is 25.3 Å². The molecule has 1 aromatic heterocycles. The van der Waals surface area contributed by atoms with Gasteiger partial charge in [-0.1, -0.05) is 0 Å². The molecule has 0 fully saturated rings. The fraction of sp³-hybridized carbons (Fsp3) is 0.231. The van der Waals surface area contributed by atoms with Crippen LogP contribution >= 0.6 is 0 Å². The number of benzene rings is 1. The molecule has 7 nitrogen and oxygen atoms in total. The number of ether oxygens (including phenoxy) is 3. The van der Waals surface area contributed by atoms with Gasteiger partial charge in [0.1, 0.15) is 5.82 Å². The van der Waals surface area contributed by atoms with Crippen LogP contribution in [0.2, 0.25) is 0 Å². The summed E-state index contributed by atoms with van der Waals surface area (Å²) in [6.45, 7) is 0. The van der Waals surface area contributed by atoms with Crippen molar-refractivity contribution >= 4 is 17.5 Å². The first-order chi connectivity index (χ1) is 9.67. The number of nitrogen functional groups attached to an aromatic ring is 1. The van der Waals surface area contributed by atoms with Crippen LogP contribution < -0.4 is 25.3 Å². The third kappa shape index (κ3) is 2.82. The van der Waals surface area contributed by atoms with E-state index in [-0.39, 0.29) is 1.43 Å². The second-order valence-electron chi connectivity index (χ2n) is 3.84. The monoisotopic (exact) mass is 277 g/mol. The molecule has 0 unspecified atom stereocenters. The molecule has 1 aromatic carbocycles. The van der Waals surface area contributed by atoms with Gasteiger partial charge in [-0.05, 0) is 6.07 Å². The van der Waals surface area contributed by atoms with Crippen molar-refractivity contribution in [3.63, 3.8) is 0 Å². The number of anilines is 3.